The molecule has 6 heteroatoms. The Morgan fingerprint density at radius 3 is 1.91 bits per heavy atom. The Morgan fingerprint density at radius 1 is 0.818 bits per heavy atom. The highest BCUT2D eigenvalue weighted by molar-refractivity contribution is 6.68. The minimum Gasteiger partial charge on any atom is -0.171 e. The zero-order chi connectivity index (χ0) is 16.6. The van der Waals surface area contributed by atoms with Gasteiger partial charge in [0.15, 0.2) is 3.79 Å². The third-order valence-corrected chi connectivity index (χ3v) is 4.34. The van der Waals surface area contributed by atoms with E-state index in [0.29, 0.717) is 12.8 Å². The number of benzene rings is 1. The van der Waals surface area contributed by atoms with Gasteiger partial charge in [-0.1, -0.05) is 90.8 Å². The van der Waals surface area contributed by atoms with E-state index in [-0.39, 0.29) is 12.3 Å². The maximum absolute atomic E-state index is 12.0. The van der Waals surface area contributed by atoms with Gasteiger partial charge >= 0.3 is 6.18 Å². The number of halogens is 6. The molecule has 0 fully saturated rings. The molecule has 0 aliphatic carbocycles. The largest absolute Gasteiger partial charge is 0.389 e. The molecule has 0 bridgehead atoms. The summed E-state index contributed by atoms with van der Waals surface area (Å²) in [7, 11) is 0. The van der Waals surface area contributed by atoms with E-state index in [1.165, 1.54) is 0 Å². The lowest BCUT2D eigenvalue weighted by Crippen LogP contribution is -2.17. The monoisotopic (exact) mass is 374 g/mol. The van der Waals surface area contributed by atoms with Crippen molar-refractivity contribution in [1.82, 2.24) is 0 Å². The van der Waals surface area contributed by atoms with Gasteiger partial charge in [0.05, 0.1) is 0 Å². The van der Waals surface area contributed by atoms with Gasteiger partial charge in [-0.05, 0) is 18.4 Å². The van der Waals surface area contributed by atoms with E-state index in [1.807, 2.05) is 30.3 Å². The molecule has 0 saturated carbocycles. The second-order valence-corrected chi connectivity index (χ2v) is 7.80. The van der Waals surface area contributed by atoms with Gasteiger partial charge in [-0.15, -0.1) is 0 Å². The minimum atomic E-state index is -4.05. The Kier molecular flexibility index (Phi) is 8.37. The Bertz CT molecular complexity index is 413. The van der Waals surface area contributed by atoms with Crippen LogP contribution in [0, 0.1) is 0 Å². The molecule has 0 aliphatic heterocycles. The van der Waals surface area contributed by atoms with Crippen LogP contribution < -0.4 is 0 Å². The lowest BCUT2D eigenvalue weighted by molar-refractivity contribution is -0.135. The van der Waals surface area contributed by atoms with Crippen LogP contribution in [0.5, 0.6) is 0 Å². The Morgan fingerprint density at radius 2 is 1.36 bits per heavy atom. The molecule has 0 aliphatic rings. The summed E-state index contributed by atoms with van der Waals surface area (Å²) in [5, 5.41) is 0. The van der Waals surface area contributed by atoms with Gasteiger partial charge in [-0.25, -0.2) is 0 Å². The van der Waals surface area contributed by atoms with Crippen LogP contribution in [0.1, 0.15) is 56.4 Å². The van der Waals surface area contributed by atoms with Crippen LogP contribution in [0.2, 0.25) is 0 Å². The number of rotatable bonds is 8. The molecule has 126 valence electrons. The molecule has 1 aromatic carbocycles. The minimum absolute atomic E-state index is 0.191. The smallest absolute Gasteiger partial charge is 0.171 e. The van der Waals surface area contributed by atoms with Gasteiger partial charge in [-0.3, -0.25) is 0 Å². The van der Waals surface area contributed by atoms with Crippen LogP contribution in [0.15, 0.2) is 30.3 Å². The summed E-state index contributed by atoms with van der Waals surface area (Å²) >= 11 is 18.2. The van der Waals surface area contributed by atoms with Gasteiger partial charge in [0.1, 0.15) is 0 Å². The van der Waals surface area contributed by atoms with Crippen molar-refractivity contribution >= 4 is 34.8 Å². The SMILES string of the molecule is FC(F)(F)CCCCCCCC(c1ccccc1)C(Cl)(Cl)Cl. The zero-order valence-electron chi connectivity index (χ0n) is 12.2. The van der Waals surface area contributed by atoms with Crippen LogP contribution >= 0.6 is 34.8 Å². The van der Waals surface area contributed by atoms with Crippen LogP contribution in [0.3, 0.4) is 0 Å². The van der Waals surface area contributed by atoms with E-state index in [0.717, 1.165) is 24.8 Å². The summed E-state index contributed by atoms with van der Waals surface area (Å²) in [4.78, 5) is 0. The quantitative estimate of drug-likeness (QED) is 0.327. The highest BCUT2D eigenvalue weighted by Gasteiger charge is 2.33. The van der Waals surface area contributed by atoms with Crippen molar-refractivity contribution in [3.8, 4) is 0 Å². The summed E-state index contributed by atoms with van der Waals surface area (Å²) in [6, 6.07) is 9.55. The van der Waals surface area contributed by atoms with Crippen LogP contribution in [0.25, 0.3) is 0 Å². The molecular formula is C16H20Cl3F3. The maximum Gasteiger partial charge on any atom is 0.389 e. The fourth-order valence-corrected chi connectivity index (χ4v) is 3.11. The van der Waals surface area contributed by atoms with Gasteiger partial charge in [0.25, 0.3) is 0 Å². The maximum atomic E-state index is 12.0. The molecule has 0 heterocycles. The van der Waals surface area contributed by atoms with Crippen LogP contribution in [-0.2, 0) is 0 Å². The van der Waals surface area contributed by atoms with E-state index in [2.05, 4.69) is 0 Å². The van der Waals surface area contributed by atoms with Crippen molar-refractivity contribution in [3.05, 3.63) is 35.9 Å². The first kappa shape index (κ1) is 19.9. The van der Waals surface area contributed by atoms with Crippen molar-refractivity contribution in [3.63, 3.8) is 0 Å². The van der Waals surface area contributed by atoms with Crippen LogP contribution in [-0.4, -0.2) is 9.97 Å². The average molecular weight is 376 g/mol. The molecule has 0 saturated heterocycles. The molecule has 22 heavy (non-hydrogen) atoms. The number of unbranched alkanes of at least 4 members (excludes halogenated alkanes) is 4. The lowest BCUT2D eigenvalue weighted by atomic mass is 9.94. The Balaban J connectivity index is 2.31. The second kappa shape index (κ2) is 9.24. The summed E-state index contributed by atoms with van der Waals surface area (Å²) < 4.78 is 34.7. The fraction of sp³-hybridized carbons (Fsp3) is 0.625. The standard InChI is InChI=1S/C16H20Cl3F3/c17-16(18,19)14(13-9-5-4-6-10-13)11-7-2-1-3-8-12-15(20,21)22/h4-6,9-10,14H,1-3,7-8,11-12H2. The van der Waals surface area contributed by atoms with Crippen LogP contribution in [0.4, 0.5) is 13.2 Å². The number of hydrogen-bond acceptors (Lipinski definition) is 0. The molecule has 0 radical (unpaired) electrons. The van der Waals surface area contributed by atoms with E-state index >= 15 is 0 Å². The molecule has 0 nitrogen and oxygen atoms in total. The van der Waals surface area contributed by atoms with Gasteiger partial charge < -0.3 is 0 Å². The molecule has 1 atom stereocenters. The number of alkyl halides is 6. The summed E-state index contributed by atoms with van der Waals surface area (Å²) in [5.74, 6) is -0.200. The first-order valence-corrected chi connectivity index (χ1v) is 8.52. The second-order valence-electron chi connectivity index (χ2n) is 5.43. The Hall–Kier alpha value is -0.120. The summed E-state index contributed by atoms with van der Waals surface area (Å²) in [6.07, 6.45) is -0.806. The first-order chi connectivity index (χ1) is 10.2. The lowest BCUT2D eigenvalue weighted by Gasteiger charge is -2.25. The first-order valence-electron chi connectivity index (χ1n) is 7.38. The fourth-order valence-electron chi connectivity index (χ4n) is 2.41. The Labute approximate surface area is 144 Å². The van der Waals surface area contributed by atoms with E-state index in [1.54, 1.807) is 0 Å². The predicted molar refractivity (Wildman–Crippen MR) is 87.8 cm³/mol. The van der Waals surface area contributed by atoms with Gasteiger partial charge in [0.2, 0.25) is 0 Å². The molecule has 0 amide bonds. The third kappa shape index (κ3) is 8.50. The average Bonchev–Trinajstić information content (AvgIpc) is 2.40. The van der Waals surface area contributed by atoms with Crippen molar-refractivity contribution in [1.29, 1.82) is 0 Å². The summed E-state index contributed by atoms with van der Waals surface area (Å²) in [6.45, 7) is 0. The predicted octanol–water partition coefficient (Wildman–Crippen LogP) is 7.43. The molecule has 0 aromatic heterocycles. The van der Waals surface area contributed by atoms with E-state index in [9.17, 15) is 13.2 Å². The van der Waals surface area contributed by atoms with Crippen molar-refractivity contribution in [2.24, 2.45) is 0 Å². The van der Waals surface area contributed by atoms with Crippen molar-refractivity contribution < 1.29 is 13.2 Å². The van der Waals surface area contributed by atoms with E-state index in [4.69, 9.17) is 34.8 Å². The number of hydrogen-bond donors (Lipinski definition) is 0. The zero-order valence-corrected chi connectivity index (χ0v) is 14.4. The van der Waals surface area contributed by atoms with Gasteiger partial charge in [-0.2, -0.15) is 13.2 Å². The third-order valence-electron chi connectivity index (χ3n) is 3.55. The topological polar surface area (TPSA) is 0 Å². The molecular weight excluding hydrogens is 356 g/mol. The highest BCUT2D eigenvalue weighted by Crippen LogP contribution is 2.44. The molecule has 1 rings (SSSR count). The van der Waals surface area contributed by atoms with E-state index < -0.39 is 16.4 Å². The molecule has 0 N–H and O–H groups in total. The van der Waals surface area contributed by atoms with Gasteiger partial charge in [0, 0.05) is 12.3 Å². The van der Waals surface area contributed by atoms with Crippen molar-refractivity contribution in [2.75, 3.05) is 0 Å². The molecule has 1 unspecified atom stereocenters. The molecule has 0 spiro atoms. The highest BCUT2D eigenvalue weighted by atomic mass is 35.6. The van der Waals surface area contributed by atoms with Crippen molar-refractivity contribution in [2.45, 2.75) is 60.8 Å². The normalized spacial score (nSPS) is 14.1. The molecule has 1 aromatic rings. The summed E-state index contributed by atoms with van der Waals surface area (Å²) in [5.41, 5.74) is 0.972.